The second kappa shape index (κ2) is 5.72. The first kappa shape index (κ1) is 12.0. The average Bonchev–Trinajstić information content (AvgIpc) is 2.27. The molecule has 0 aliphatic heterocycles. The summed E-state index contributed by atoms with van der Waals surface area (Å²) in [6.07, 6.45) is -0.0508. The number of alkyl halides is 1. The maximum atomic E-state index is 13.4. The van der Waals surface area contributed by atoms with Crippen LogP contribution in [0.5, 0.6) is 5.75 Å². The van der Waals surface area contributed by atoms with Gasteiger partial charge in [-0.25, -0.2) is 4.39 Å². The van der Waals surface area contributed by atoms with Gasteiger partial charge in [-0.1, -0.05) is 28.9 Å². The number of hydrogen-bond donors (Lipinski definition) is 0. The Hall–Kier alpha value is -1.08. The van der Waals surface area contributed by atoms with Crippen LogP contribution in [0.1, 0.15) is 18.9 Å². The molecule has 4 heteroatoms. The molecule has 0 spiro atoms. The summed E-state index contributed by atoms with van der Waals surface area (Å²) in [5.74, 6) is -0.297. The van der Waals surface area contributed by atoms with Crippen molar-refractivity contribution in [2.75, 3.05) is 0 Å². The molecule has 1 rings (SSSR count). The van der Waals surface area contributed by atoms with E-state index in [0.29, 0.717) is 11.8 Å². The van der Waals surface area contributed by atoms with Gasteiger partial charge in [-0.15, -0.1) is 0 Å². The molecule has 0 amide bonds. The van der Waals surface area contributed by atoms with Gasteiger partial charge >= 0.3 is 0 Å². The first-order chi connectivity index (χ1) is 7.21. The highest BCUT2D eigenvalue weighted by Crippen LogP contribution is 2.21. The van der Waals surface area contributed by atoms with Crippen LogP contribution in [0.25, 0.3) is 0 Å². The van der Waals surface area contributed by atoms with Crippen LogP contribution in [0.4, 0.5) is 4.39 Å². The predicted molar refractivity (Wildman–Crippen MR) is 59.4 cm³/mol. The van der Waals surface area contributed by atoms with Gasteiger partial charge in [0.2, 0.25) is 0 Å². The highest BCUT2D eigenvalue weighted by molar-refractivity contribution is 9.08. The van der Waals surface area contributed by atoms with E-state index in [0.717, 1.165) is 5.56 Å². The highest BCUT2D eigenvalue weighted by atomic mass is 79.9. The fraction of sp³-hybridized carbons (Fsp3) is 0.364. The fourth-order valence-corrected chi connectivity index (χ4v) is 1.43. The molecule has 0 heterocycles. The summed E-state index contributed by atoms with van der Waals surface area (Å²) in [6.45, 7) is 1.82. The number of nitriles is 1. The van der Waals surface area contributed by atoms with E-state index in [9.17, 15) is 4.39 Å². The van der Waals surface area contributed by atoms with Gasteiger partial charge in [-0.2, -0.15) is 5.26 Å². The van der Waals surface area contributed by atoms with Gasteiger partial charge in [0, 0.05) is 5.33 Å². The first-order valence-electron chi connectivity index (χ1n) is 4.62. The van der Waals surface area contributed by atoms with E-state index < -0.39 is 11.9 Å². The Morgan fingerprint density at radius 2 is 2.33 bits per heavy atom. The second-order valence-corrected chi connectivity index (χ2v) is 3.60. The van der Waals surface area contributed by atoms with Gasteiger partial charge in [0.1, 0.15) is 6.07 Å². The molecular formula is C11H11BrFNO. The minimum atomic E-state index is -0.589. The molecule has 2 nitrogen and oxygen atoms in total. The minimum Gasteiger partial charge on any atom is -0.473 e. The zero-order chi connectivity index (χ0) is 11.3. The Kier molecular flexibility index (Phi) is 4.57. The second-order valence-electron chi connectivity index (χ2n) is 3.04. The smallest absolute Gasteiger partial charge is 0.184 e. The van der Waals surface area contributed by atoms with Crippen LogP contribution in [-0.4, -0.2) is 6.10 Å². The summed E-state index contributed by atoms with van der Waals surface area (Å²) in [5.41, 5.74) is 0.838. The highest BCUT2D eigenvalue weighted by Gasteiger charge is 2.10. The van der Waals surface area contributed by atoms with E-state index in [1.165, 1.54) is 6.07 Å². The van der Waals surface area contributed by atoms with Crippen LogP contribution in [0.2, 0.25) is 0 Å². The lowest BCUT2D eigenvalue weighted by molar-refractivity contribution is 0.240. The van der Waals surface area contributed by atoms with Gasteiger partial charge in [0.25, 0.3) is 0 Å². The van der Waals surface area contributed by atoms with E-state index in [4.69, 9.17) is 10.00 Å². The van der Waals surface area contributed by atoms with Crippen LogP contribution >= 0.6 is 15.9 Å². The van der Waals surface area contributed by atoms with Crippen molar-refractivity contribution in [2.45, 2.75) is 24.8 Å². The van der Waals surface area contributed by atoms with Gasteiger partial charge in [-0.3, -0.25) is 0 Å². The molecule has 0 N–H and O–H groups in total. The topological polar surface area (TPSA) is 33.0 Å². The Morgan fingerprint density at radius 1 is 1.60 bits per heavy atom. The lowest BCUT2D eigenvalue weighted by Crippen LogP contribution is -2.13. The van der Waals surface area contributed by atoms with Crippen LogP contribution in [0.15, 0.2) is 18.2 Å². The molecule has 0 aliphatic rings. The molecular weight excluding hydrogens is 261 g/mol. The number of ether oxygens (including phenoxy) is 1. The molecule has 1 aromatic carbocycles. The molecule has 0 fully saturated rings. The molecule has 1 unspecified atom stereocenters. The lowest BCUT2D eigenvalue weighted by atomic mass is 10.2. The number of halogens is 2. The molecule has 15 heavy (non-hydrogen) atoms. The summed E-state index contributed by atoms with van der Waals surface area (Å²) in [5, 5.41) is 9.27. The molecule has 0 bridgehead atoms. The van der Waals surface area contributed by atoms with Gasteiger partial charge in [0.05, 0.1) is 0 Å². The predicted octanol–water partition coefficient (Wildman–Crippen LogP) is 3.40. The summed E-state index contributed by atoms with van der Waals surface area (Å²) in [6, 6.07) is 6.66. The van der Waals surface area contributed by atoms with Gasteiger partial charge < -0.3 is 4.74 Å². The third-order valence-electron chi connectivity index (χ3n) is 1.93. The quantitative estimate of drug-likeness (QED) is 0.787. The van der Waals surface area contributed by atoms with E-state index >= 15 is 0 Å². The monoisotopic (exact) mass is 271 g/mol. The zero-order valence-corrected chi connectivity index (χ0v) is 9.92. The Morgan fingerprint density at radius 3 is 2.80 bits per heavy atom. The van der Waals surface area contributed by atoms with Gasteiger partial charge in [0.15, 0.2) is 17.7 Å². The van der Waals surface area contributed by atoms with Crippen molar-refractivity contribution in [1.29, 1.82) is 5.26 Å². The maximum absolute atomic E-state index is 13.4. The standard InChI is InChI=1S/C11H11BrFNO/c1-2-9(7-14)15-11-4-3-8(6-12)5-10(11)13/h3-5,9H,2,6H2,1H3. The molecule has 0 radical (unpaired) electrons. The van der Waals surface area contributed by atoms with Crippen LogP contribution < -0.4 is 4.74 Å². The van der Waals surface area contributed by atoms with E-state index in [2.05, 4.69) is 15.9 Å². The number of hydrogen-bond acceptors (Lipinski definition) is 2. The van der Waals surface area contributed by atoms with Crippen molar-refractivity contribution in [3.05, 3.63) is 29.6 Å². The number of benzene rings is 1. The molecule has 0 saturated carbocycles. The van der Waals surface area contributed by atoms with E-state index in [1.807, 2.05) is 13.0 Å². The Labute approximate surface area is 96.8 Å². The van der Waals surface area contributed by atoms with E-state index in [-0.39, 0.29) is 5.75 Å². The summed E-state index contributed by atoms with van der Waals surface area (Å²) in [4.78, 5) is 0. The van der Waals surface area contributed by atoms with Crippen molar-refractivity contribution in [2.24, 2.45) is 0 Å². The first-order valence-corrected chi connectivity index (χ1v) is 5.74. The molecule has 0 saturated heterocycles. The summed E-state index contributed by atoms with van der Waals surface area (Å²) >= 11 is 3.23. The van der Waals surface area contributed by atoms with Crippen molar-refractivity contribution >= 4 is 15.9 Å². The molecule has 80 valence electrons. The van der Waals surface area contributed by atoms with Crippen molar-refractivity contribution in [3.63, 3.8) is 0 Å². The fourth-order valence-electron chi connectivity index (χ4n) is 1.08. The Bertz CT molecular complexity index is 375. The Balaban J connectivity index is 2.83. The third kappa shape index (κ3) is 3.21. The number of rotatable bonds is 4. The van der Waals surface area contributed by atoms with Crippen LogP contribution in [-0.2, 0) is 5.33 Å². The third-order valence-corrected chi connectivity index (χ3v) is 2.58. The summed E-state index contributed by atoms with van der Waals surface area (Å²) < 4.78 is 18.6. The average molecular weight is 272 g/mol. The summed E-state index contributed by atoms with van der Waals surface area (Å²) in [7, 11) is 0. The minimum absolute atomic E-state index is 0.133. The molecule has 1 atom stereocenters. The largest absolute Gasteiger partial charge is 0.473 e. The zero-order valence-electron chi connectivity index (χ0n) is 8.34. The van der Waals surface area contributed by atoms with Crippen molar-refractivity contribution in [3.8, 4) is 11.8 Å². The van der Waals surface area contributed by atoms with Crippen molar-refractivity contribution < 1.29 is 9.13 Å². The number of nitrogens with zero attached hydrogens (tertiary/aromatic N) is 1. The SMILES string of the molecule is CCC(C#N)Oc1ccc(CBr)cc1F. The van der Waals surface area contributed by atoms with Crippen LogP contribution in [0.3, 0.4) is 0 Å². The lowest BCUT2D eigenvalue weighted by Gasteiger charge is -2.11. The normalized spacial score (nSPS) is 11.9. The molecule has 0 aliphatic carbocycles. The van der Waals surface area contributed by atoms with E-state index in [1.54, 1.807) is 12.1 Å². The van der Waals surface area contributed by atoms with Crippen molar-refractivity contribution in [1.82, 2.24) is 0 Å². The molecule has 1 aromatic rings. The van der Waals surface area contributed by atoms with Crippen LogP contribution in [0, 0.1) is 17.1 Å². The maximum Gasteiger partial charge on any atom is 0.184 e. The molecule has 0 aromatic heterocycles. The van der Waals surface area contributed by atoms with Gasteiger partial charge in [-0.05, 0) is 24.1 Å².